The van der Waals surface area contributed by atoms with Crippen LogP contribution in [0.1, 0.15) is 37.5 Å². The van der Waals surface area contributed by atoms with Gasteiger partial charge in [-0.3, -0.25) is 4.90 Å². The summed E-state index contributed by atoms with van der Waals surface area (Å²) in [7, 11) is 2.18. The lowest BCUT2D eigenvalue weighted by Gasteiger charge is -2.34. The summed E-state index contributed by atoms with van der Waals surface area (Å²) in [5.41, 5.74) is 3.46. The number of rotatable bonds is 2. The van der Waals surface area contributed by atoms with Crippen molar-refractivity contribution >= 4 is 22.0 Å². The van der Waals surface area contributed by atoms with Crippen LogP contribution in [0.5, 0.6) is 0 Å². The molecule has 3 rings (SSSR count). The van der Waals surface area contributed by atoms with Crippen molar-refractivity contribution in [3.63, 3.8) is 0 Å². The van der Waals surface area contributed by atoms with Gasteiger partial charge >= 0.3 is 6.09 Å². The molecule has 1 saturated heterocycles. The predicted molar refractivity (Wildman–Crippen MR) is 107 cm³/mol. The van der Waals surface area contributed by atoms with Crippen LogP contribution in [0.15, 0.2) is 16.6 Å². The molecule has 1 aromatic rings. The second kappa shape index (κ2) is 7.87. The molecule has 0 saturated carbocycles. The number of likely N-dealkylation sites (N-methyl/N-ethyl adjacent to an activating group) is 1. The number of nitrogens with zero attached hydrogens (tertiary/aromatic N) is 3. The summed E-state index contributed by atoms with van der Waals surface area (Å²) >= 11 is 3.74. The first kappa shape index (κ1) is 19.6. The van der Waals surface area contributed by atoms with Crippen LogP contribution in [0.3, 0.4) is 0 Å². The largest absolute Gasteiger partial charge is 0.444 e. The molecule has 0 atom stereocenters. The maximum Gasteiger partial charge on any atom is 0.410 e. The minimum absolute atomic E-state index is 0.225. The normalized spacial score (nSPS) is 19.3. The molecule has 144 valence electrons. The van der Waals surface area contributed by atoms with Gasteiger partial charge in [0.05, 0.1) is 6.54 Å². The number of hydrogen-bond acceptors (Lipinski definition) is 4. The number of carbonyl (C=O) groups is 1. The average Bonchev–Trinajstić information content (AvgIpc) is 2.55. The van der Waals surface area contributed by atoms with Crippen molar-refractivity contribution in [1.29, 1.82) is 0 Å². The number of fused-ring (bicyclic) bond motifs is 1. The van der Waals surface area contributed by atoms with Gasteiger partial charge in [0, 0.05) is 43.7 Å². The van der Waals surface area contributed by atoms with Crippen molar-refractivity contribution in [3.8, 4) is 0 Å². The van der Waals surface area contributed by atoms with Crippen molar-refractivity contribution in [3.05, 3.63) is 33.3 Å². The van der Waals surface area contributed by atoms with Crippen LogP contribution in [0.25, 0.3) is 0 Å². The first-order chi connectivity index (χ1) is 12.2. The monoisotopic (exact) mass is 423 g/mol. The zero-order valence-electron chi connectivity index (χ0n) is 16.3. The highest BCUT2D eigenvalue weighted by Crippen LogP contribution is 2.30. The van der Waals surface area contributed by atoms with Gasteiger partial charge in [0.2, 0.25) is 0 Å². The van der Waals surface area contributed by atoms with Crippen LogP contribution < -0.4 is 0 Å². The molecule has 1 fully saturated rings. The van der Waals surface area contributed by atoms with Gasteiger partial charge in [-0.25, -0.2) is 4.79 Å². The molecule has 0 bridgehead atoms. The second-order valence-electron chi connectivity index (χ2n) is 8.45. The molecule has 0 unspecified atom stereocenters. The van der Waals surface area contributed by atoms with E-state index >= 15 is 0 Å². The fourth-order valence-corrected chi connectivity index (χ4v) is 4.19. The van der Waals surface area contributed by atoms with Crippen molar-refractivity contribution in [2.24, 2.45) is 0 Å². The van der Waals surface area contributed by atoms with Gasteiger partial charge in [-0.15, -0.1) is 0 Å². The zero-order valence-corrected chi connectivity index (χ0v) is 17.9. The Morgan fingerprint density at radius 1 is 1.15 bits per heavy atom. The molecule has 2 aliphatic heterocycles. The topological polar surface area (TPSA) is 36.0 Å². The molecule has 1 aromatic carbocycles. The predicted octanol–water partition coefficient (Wildman–Crippen LogP) is 3.49. The van der Waals surface area contributed by atoms with Crippen LogP contribution >= 0.6 is 15.9 Å². The lowest BCUT2D eigenvalue weighted by Crippen LogP contribution is -2.44. The van der Waals surface area contributed by atoms with Gasteiger partial charge in [0.1, 0.15) is 5.60 Å². The van der Waals surface area contributed by atoms with E-state index in [9.17, 15) is 4.79 Å². The number of hydrogen-bond donors (Lipinski definition) is 0. The minimum atomic E-state index is -0.457. The fraction of sp³-hybridized carbons (Fsp3) is 0.650. The van der Waals surface area contributed by atoms with E-state index in [0.717, 1.165) is 43.6 Å². The first-order valence-electron chi connectivity index (χ1n) is 9.40. The molecule has 2 heterocycles. The highest BCUT2D eigenvalue weighted by Gasteiger charge is 2.27. The van der Waals surface area contributed by atoms with E-state index < -0.39 is 5.60 Å². The Labute approximate surface area is 165 Å². The van der Waals surface area contributed by atoms with Gasteiger partial charge in [0.25, 0.3) is 0 Å². The Hall–Kier alpha value is -1.11. The van der Waals surface area contributed by atoms with Crippen LogP contribution in [-0.2, 0) is 24.2 Å². The molecule has 6 heteroatoms. The third kappa shape index (κ3) is 4.99. The molecule has 26 heavy (non-hydrogen) atoms. The Bertz CT molecular complexity index is 664. The summed E-state index contributed by atoms with van der Waals surface area (Å²) in [6.45, 7) is 12.6. The number of ether oxygens (including phenoxy) is 1. The Morgan fingerprint density at radius 2 is 1.85 bits per heavy atom. The molecule has 0 N–H and O–H groups in total. The van der Waals surface area contributed by atoms with E-state index in [1.165, 1.54) is 16.7 Å². The summed E-state index contributed by atoms with van der Waals surface area (Å²) in [4.78, 5) is 19.1. The van der Waals surface area contributed by atoms with Crippen molar-refractivity contribution in [2.75, 3.05) is 39.8 Å². The second-order valence-corrected chi connectivity index (χ2v) is 9.30. The summed E-state index contributed by atoms with van der Waals surface area (Å²) in [6, 6.07) is 4.54. The van der Waals surface area contributed by atoms with Crippen LogP contribution in [0.4, 0.5) is 4.79 Å². The van der Waals surface area contributed by atoms with Crippen molar-refractivity contribution < 1.29 is 9.53 Å². The smallest absolute Gasteiger partial charge is 0.410 e. The lowest BCUT2D eigenvalue weighted by molar-refractivity contribution is 0.0223. The number of amides is 1. The quantitative estimate of drug-likeness (QED) is 0.729. The van der Waals surface area contributed by atoms with Crippen molar-refractivity contribution in [1.82, 2.24) is 14.7 Å². The molecule has 0 aliphatic carbocycles. The van der Waals surface area contributed by atoms with E-state index in [1.807, 2.05) is 20.8 Å². The minimum Gasteiger partial charge on any atom is -0.444 e. The van der Waals surface area contributed by atoms with Gasteiger partial charge in [0.15, 0.2) is 0 Å². The molecular weight excluding hydrogens is 394 g/mol. The maximum absolute atomic E-state index is 12.4. The first-order valence-corrected chi connectivity index (χ1v) is 10.2. The average molecular weight is 424 g/mol. The van der Waals surface area contributed by atoms with Gasteiger partial charge in [-0.1, -0.05) is 22.0 Å². The van der Waals surface area contributed by atoms with E-state index in [1.54, 1.807) is 4.90 Å². The fourth-order valence-electron chi connectivity index (χ4n) is 3.52. The highest BCUT2D eigenvalue weighted by molar-refractivity contribution is 9.10. The molecule has 0 radical (unpaired) electrons. The molecule has 0 aromatic heterocycles. The molecule has 0 spiro atoms. The third-order valence-corrected chi connectivity index (χ3v) is 5.71. The van der Waals surface area contributed by atoms with Crippen LogP contribution in [0, 0.1) is 0 Å². The number of halogens is 1. The Morgan fingerprint density at radius 3 is 2.50 bits per heavy atom. The van der Waals surface area contributed by atoms with Crippen LogP contribution in [-0.4, -0.2) is 66.2 Å². The van der Waals surface area contributed by atoms with Gasteiger partial charge in [-0.2, -0.15) is 0 Å². The Kier molecular flexibility index (Phi) is 5.94. The molecule has 5 nitrogen and oxygen atoms in total. The molecule has 1 amide bonds. The summed E-state index contributed by atoms with van der Waals surface area (Å²) in [5, 5.41) is 0. The van der Waals surface area contributed by atoms with Gasteiger partial charge < -0.3 is 14.5 Å². The van der Waals surface area contributed by atoms with Gasteiger partial charge in [-0.05, 0) is 57.0 Å². The standard InChI is InChI=1S/C20H30BrN3O2/c1-20(2,3)26-19(25)24-6-5-16-11-15(12-18(21)17(16)14-24)13-23-9-7-22(4)8-10-23/h11-12H,5-10,13-14H2,1-4H3. The van der Waals surface area contributed by atoms with Crippen LogP contribution in [0.2, 0.25) is 0 Å². The molecular formula is C20H30BrN3O2. The molecule has 2 aliphatic rings. The Balaban J connectivity index is 1.67. The third-order valence-electron chi connectivity index (χ3n) is 5.00. The number of benzene rings is 1. The summed E-state index contributed by atoms with van der Waals surface area (Å²) in [6.07, 6.45) is 0.653. The number of carbonyl (C=O) groups excluding carboxylic acids is 1. The van der Waals surface area contributed by atoms with E-state index in [4.69, 9.17) is 4.74 Å². The van der Waals surface area contributed by atoms with E-state index in [0.29, 0.717) is 13.1 Å². The summed E-state index contributed by atoms with van der Waals surface area (Å²) in [5.74, 6) is 0. The summed E-state index contributed by atoms with van der Waals surface area (Å²) < 4.78 is 6.63. The van der Waals surface area contributed by atoms with E-state index in [-0.39, 0.29) is 6.09 Å². The SMILES string of the molecule is CN1CCN(Cc2cc(Br)c3c(c2)CCN(C(=O)OC(C)(C)C)C3)CC1. The van der Waals surface area contributed by atoms with E-state index in [2.05, 4.69) is 44.9 Å². The maximum atomic E-state index is 12.4. The highest BCUT2D eigenvalue weighted by atomic mass is 79.9. The number of piperazine rings is 1. The lowest BCUT2D eigenvalue weighted by atomic mass is 9.97. The zero-order chi connectivity index (χ0) is 18.9. The van der Waals surface area contributed by atoms with Crippen molar-refractivity contribution in [2.45, 2.75) is 45.9 Å².